The smallest absolute Gasteiger partial charge is 0.354 e. The second kappa shape index (κ2) is 4.69. The largest absolute Gasteiger partial charge is 0.471 e. The van der Waals surface area contributed by atoms with E-state index in [1.54, 1.807) is 12.2 Å². The van der Waals surface area contributed by atoms with Crippen LogP contribution >= 0.6 is 15.9 Å². The van der Waals surface area contributed by atoms with E-state index in [9.17, 15) is 18.0 Å². The second-order valence-electron chi connectivity index (χ2n) is 3.39. The van der Waals surface area contributed by atoms with E-state index in [0.717, 1.165) is 0 Å². The maximum atomic E-state index is 11.9. The summed E-state index contributed by atoms with van der Waals surface area (Å²) in [6.45, 7) is 1.74. The van der Waals surface area contributed by atoms with Crippen LogP contribution in [0.25, 0.3) is 0 Å². The van der Waals surface area contributed by atoms with Crippen molar-refractivity contribution in [1.29, 1.82) is 0 Å². The molecule has 3 atom stereocenters. The van der Waals surface area contributed by atoms with Crippen LogP contribution in [0, 0.1) is 0 Å². The lowest BCUT2D eigenvalue weighted by molar-refractivity contribution is -0.180. The topological polar surface area (TPSA) is 38.3 Å². The summed E-state index contributed by atoms with van der Waals surface area (Å²) in [7, 11) is 0. The third kappa shape index (κ3) is 3.64. The van der Waals surface area contributed by atoms with Gasteiger partial charge in [-0.15, -0.1) is 0 Å². The monoisotopic (exact) mass is 289 g/mol. The number of alkyl halides is 4. The summed E-state index contributed by atoms with van der Waals surface area (Å²) in [5, 5.41) is 1.80. The van der Waals surface area contributed by atoms with Crippen LogP contribution < -0.4 is 5.32 Å². The summed E-state index contributed by atoms with van der Waals surface area (Å²) in [5.74, 6) is -1.95. The normalized spacial score (nSPS) is 32.5. The molecule has 0 aromatic rings. The molecule has 0 aliphatic carbocycles. The number of amides is 1. The molecule has 0 bridgehead atoms. The number of rotatable bonds is 1. The predicted molar refractivity (Wildman–Crippen MR) is 50.5 cm³/mol. The van der Waals surface area contributed by atoms with E-state index < -0.39 is 18.3 Å². The minimum absolute atomic E-state index is 0.122. The van der Waals surface area contributed by atoms with Gasteiger partial charge in [0.05, 0.1) is 6.10 Å². The fraction of sp³-hybridized carbons (Fsp3) is 0.875. The van der Waals surface area contributed by atoms with E-state index in [2.05, 4.69) is 15.9 Å². The summed E-state index contributed by atoms with van der Waals surface area (Å²) in [4.78, 5) is 10.7. The Morgan fingerprint density at radius 2 is 2.07 bits per heavy atom. The van der Waals surface area contributed by atoms with Crippen molar-refractivity contribution < 1.29 is 22.7 Å². The summed E-state index contributed by atoms with van der Waals surface area (Å²) < 4.78 is 40.9. The van der Waals surface area contributed by atoms with Gasteiger partial charge in [0.1, 0.15) is 6.23 Å². The first-order chi connectivity index (χ1) is 6.80. The lowest BCUT2D eigenvalue weighted by atomic mass is 10.1. The summed E-state index contributed by atoms with van der Waals surface area (Å²) >= 11 is 3.33. The zero-order valence-electron chi connectivity index (χ0n) is 7.97. The molecule has 3 unspecified atom stereocenters. The molecule has 0 aromatic heterocycles. The quantitative estimate of drug-likeness (QED) is 0.750. The first-order valence-electron chi connectivity index (χ1n) is 4.48. The zero-order chi connectivity index (χ0) is 11.6. The van der Waals surface area contributed by atoms with E-state index in [1.165, 1.54) is 0 Å². The van der Waals surface area contributed by atoms with Crippen LogP contribution in [-0.4, -0.2) is 29.2 Å². The molecule has 88 valence electrons. The molecule has 1 fully saturated rings. The van der Waals surface area contributed by atoms with E-state index in [4.69, 9.17) is 4.74 Å². The predicted octanol–water partition coefficient (Wildman–Crippen LogP) is 1.95. The Morgan fingerprint density at radius 3 is 2.53 bits per heavy atom. The van der Waals surface area contributed by atoms with Crippen LogP contribution in [0.3, 0.4) is 0 Å². The van der Waals surface area contributed by atoms with Gasteiger partial charge in [0.2, 0.25) is 0 Å². The van der Waals surface area contributed by atoms with Crippen LogP contribution in [0.5, 0.6) is 0 Å². The Bertz CT molecular complexity index is 247. The van der Waals surface area contributed by atoms with Gasteiger partial charge < -0.3 is 10.1 Å². The third-order valence-electron chi connectivity index (χ3n) is 2.14. The van der Waals surface area contributed by atoms with E-state index in [1.807, 2.05) is 0 Å². The zero-order valence-corrected chi connectivity index (χ0v) is 9.56. The van der Waals surface area contributed by atoms with Crippen molar-refractivity contribution in [2.24, 2.45) is 0 Å². The van der Waals surface area contributed by atoms with Gasteiger partial charge in [-0.2, -0.15) is 13.2 Å². The lowest BCUT2D eigenvalue weighted by Gasteiger charge is -2.32. The Morgan fingerprint density at radius 1 is 1.47 bits per heavy atom. The fourth-order valence-corrected chi connectivity index (χ4v) is 1.68. The van der Waals surface area contributed by atoms with Crippen LogP contribution in [0.1, 0.15) is 19.8 Å². The van der Waals surface area contributed by atoms with Gasteiger partial charge in [-0.05, 0) is 19.8 Å². The Kier molecular flexibility index (Phi) is 3.99. The minimum atomic E-state index is -4.85. The van der Waals surface area contributed by atoms with Gasteiger partial charge in [0, 0.05) is 4.83 Å². The number of halogens is 4. The molecule has 0 spiro atoms. The number of carbonyl (C=O) groups excluding carboxylic acids is 1. The first kappa shape index (κ1) is 12.8. The molecule has 0 saturated carbocycles. The van der Waals surface area contributed by atoms with Gasteiger partial charge in [-0.1, -0.05) is 15.9 Å². The van der Waals surface area contributed by atoms with Crippen LogP contribution in [0.2, 0.25) is 0 Å². The average Bonchev–Trinajstić information content (AvgIpc) is 2.10. The van der Waals surface area contributed by atoms with Gasteiger partial charge in [-0.3, -0.25) is 4.79 Å². The van der Waals surface area contributed by atoms with Gasteiger partial charge >= 0.3 is 12.1 Å². The van der Waals surface area contributed by atoms with Gasteiger partial charge in [-0.25, -0.2) is 0 Å². The van der Waals surface area contributed by atoms with E-state index in [0.29, 0.717) is 12.8 Å². The van der Waals surface area contributed by atoms with Crippen molar-refractivity contribution in [2.45, 2.75) is 43.1 Å². The first-order valence-corrected chi connectivity index (χ1v) is 5.39. The van der Waals surface area contributed by atoms with Crippen molar-refractivity contribution in [3.63, 3.8) is 0 Å². The SMILES string of the molecule is CC1OC(NC(=O)C(F)(F)F)CCC1Br. The summed E-state index contributed by atoms with van der Waals surface area (Å²) in [5.41, 5.74) is 0. The van der Waals surface area contributed by atoms with Crippen LogP contribution in [-0.2, 0) is 9.53 Å². The minimum Gasteiger partial charge on any atom is -0.354 e. The number of hydrogen-bond donors (Lipinski definition) is 1. The molecule has 15 heavy (non-hydrogen) atoms. The highest BCUT2D eigenvalue weighted by molar-refractivity contribution is 9.09. The number of nitrogens with one attached hydrogen (secondary N) is 1. The second-order valence-corrected chi connectivity index (χ2v) is 4.57. The van der Waals surface area contributed by atoms with Crippen molar-refractivity contribution in [1.82, 2.24) is 5.32 Å². The molecular formula is C8H11BrF3NO2. The van der Waals surface area contributed by atoms with Crippen molar-refractivity contribution >= 4 is 21.8 Å². The number of ether oxygens (including phenoxy) is 1. The van der Waals surface area contributed by atoms with Gasteiger partial charge in [0.25, 0.3) is 0 Å². The maximum absolute atomic E-state index is 11.9. The molecule has 1 aliphatic rings. The van der Waals surface area contributed by atoms with Crippen molar-refractivity contribution in [3.05, 3.63) is 0 Å². The highest BCUT2D eigenvalue weighted by Gasteiger charge is 2.40. The van der Waals surface area contributed by atoms with E-state index in [-0.39, 0.29) is 10.9 Å². The molecule has 7 heteroatoms. The summed E-state index contributed by atoms with van der Waals surface area (Å²) in [6, 6.07) is 0. The standard InChI is InChI=1S/C8H11BrF3NO2/c1-4-5(9)2-3-6(15-4)13-7(14)8(10,11)12/h4-6H,2-3H2,1H3,(H,13,14). The fourth-order valence-electron chi connectivity index (χ4n) is 1.29. The van der Waals surface area contributed by atoms with Crippen molar-refractivity contribution in [3.8, 4) is 0 Å². The molecular weight excluding hydrogens is 279 g/mol. The third-order valence-corrected chi connectivity index (χ3v) is 3.34. The average molecular weight is 290 g/mol. The van der Waals surface area contributed by atoms with Crippen molar-refractivity contribution in [2.75, 3.05) is 0 Å². The molecule has 0 radical (unpaired) electrons. The van der Waals surface area contributed by atoms with Crippen LogP contribution in [0.4, 0.5) is 13.2 Å². The maximum Gasteiger partial charge on any atom is 0.471 e. The highest BCUT2D eigenvalue weighted by Crippen LogP contribution is 2.24. The molecule has 3 nitrogen and oxygen atoms in total. The molecule has 1 aliphatic heterocycles. The highest BCUT2D eigenvalue weighted by atomic mass is 79.9. The summed E-state index contributed by atoms with van der Waals surface area (Å²) in [6.07, 6.45) is -4.86. The molecule has 0 aromatic carbocycles. The lowest BCUT2D eigenvalue weighted by Crippen LogP contribution is -2.48. The molecule has 1 rings (SSSR count). The molecule has 1 amide bonds. The Balaban J connectivity index is 2.44. The van der Waals surface area contributed by atoms with Gasteiger partial charge in [0.15, 0.2) is 0 Å². The molecule has 1 saturated heterocycles. The molecule has 1 heterocycles. The Hall–Kier alpha value is -0.300. The number of carbonyl (C=O) groups is 1. The molecule has 1 N–H and O–H groups in total. The van der Waals surface area contributed by atoms with Crippen LogP contribution in [0.15, 0.2) is 0 Å². The van der Waals surface area contributed by atoms with E-state index >= 15 is 0 Å². The Labute approximate surface area is 93.5 Å². The number of hydrogen-bond acceptors (Lipinski definition) is 2.